The third-order valence-corrected chi connectivity index (χ3v) is 3.93. The fraction of sp³-hybridized carbons (Fsp3) is 0. The van der Waals surface area contributed by atoms with Crippen LogP contribution < -0.4 is 0 Å². The van der Waals surface area contributed by atoms with Crippen LogP contribution in [0.1, 0.15) is 10.4 Å². The fourth-order valence-corrected chi connectivity index (χ4v) is 2.70. The molecule has 5 heteroatoms. The van der Waals surface area contributed by atoms with Crippen LogP contribution in [0, 0.1) is 0 Å². The molecule has 1 aromatic carbocycles. The van der Waals surface area contributed by atoms with Crippen molar-refractivity contribution in [2.75, 3.05) is 0 Å². The minimum atomic E-state index is 0.532. The van der Waals surface area contributed by atoms with E-state index in [0.29, 0.717) is 4.47 Å². The molecule has 2 heterocycles. The number of hydrogen-bond acceptors (Lipinski definition) is 3. The van der Waals surface area contributed by atoms with E-state index in [9.17, 15) is 0 Å². The Morgan fingerprint density at radius 2 is 2.05 bits per heavy atom. The molecule has 2 aromatic heterocycles. The van der Waals surface area contributed by atoms with Crippen LogP contribution in [0.4, 0.5) is 0 Å². The first-order chi connectivity index (χ1) is 9.24. The maximum atomic E-state index is 5.84. The SMILES string of the molecule is C=C(c1ccc(-n2cccn2)cc1)c1cnc(Cl)s1. The summed E-state index contributed by atoms with van der Waals surface area (Å²) in [6, 6.07) is 9.96. The quantitative estimate of drug-likeness (QED) is 0.728. The molecule has 3 aromatic rings. The van der Waals surface area contributed by atoms with Gasteiger partial charge in [-0.15, -0.1) is 11.3 Å². The maximum absolute atomic E-state index is 5.84. The van der Waals surface area contributed by atoms with Crippen molar-refractivity contribution in [3.8, 4) is 5.69 Å². The van der Waals surface area contributed by atoms with E-state index in [1.807, 2.05) is 41.2 Å². The summed E-state index contributed by atoms with van der Waals surface area (Å²) in [6.07, 6.45) is 5.41. The Balaban J connectivity index is 1.89. The van der Waals surface area contributed by atoms with E-state index in [4.69, 9.17) is 11.6 Å². The third kappa shape index (κ3) is 2.45. The highest BCUT2D eigenvalue weighted by Crippen LogP contribution is 2.29. The highest BCUT2D eigenvalue weighted by molar-refractivity contribution is 7.16. The Bertz CT molecular complexity index is 699. The van der Waals surface area contributed by atoms with Gasteiger partial charge in [0.15, 0.2) is 4.47 Å². The number of aromatic nitrogens is 3. The minimum absolute atomic E-state index is 0.532. The van der Waals surface area contributed by atoms with Gasteiger partial charge in [-0.3, -0.25) is 0 Å². The van der Waals surface area contributed by atoms with Gasteiger partial charge in [0.1, 0.15) is 0 Å². The molecule has 0 saturated carbocycles. The summed E-state index contributed by atoms with van der Waals surface area (Å²) in [7, 11) is 0. The van der Waals surface area contributed by atoms with Gasteiger partial charge in [-0.25, -0.2) is 9.67 Å². The molecule has 0 spiro atoms. The molecular formula is C14H10ClN3S. The monoisotopic (exact) mass is 287 g/mol. The Morgan fingerprint density at radius 1 is 1.26 bits per heavy atom. The average molecular weight is 288 g/mol. The largest absolute Gasteiger partial charge is 0.241 e. The van der Waals surface area contributed by atoms with Gasteiger partial charge in [0.2, 0.25) is 0 Å². The fourth-order valence-electron chi connectivity index (χ4n) is 1.77. The summed E-state index contributed by atoms with van der Waals surface area (Å²) in [5, 5.41) is 4.19. The lowest BCUT2D eigenvalue weighted by molar-refractivity contribution is 0.880. The highest BCUT2D eigenvalue weighted by atomic mass is 35.5. The summed E-state index contributed by atoms with van der Waals surface area (Å²) in [4.78, 5) is 5.01. The third-order valence-electron chi connectivity index (χ3n) is 2.76. The lowest BCUT2D eigenvalue weighted by Gasteiger charge is -2.05. The summed E-state index contributed by atoms with van der Waals surface area (Å²) in [5.41, 5.74) is 3.00. The number of thiazole rings is 1. The van der Waals surface area contributed by atoms with Crippen molar-refractivity contribution in [3.05, 3.63) is 70.4 Å². The van der Waals surface area contributed by atoms with Crippen molar-refractivity contribution in [1.82, 2.24) is 14.8 Å². The molecule has 94 valence electrons. The summed E-state index contributed by atoms with van der Waals surface area (Å²) in [5.74, 6) is 0. The minimum Gasteiger partial charge on any atom is -0.241 e. The molecule has 0 bridgehead atoms. The van der Waals surface area contributed by atoms with Crippen LogP contribution in [-0.4, -0.2) is 14.8 Å². The topological polar surface area (TPSA) is 30.7 Å². The standard InChI is InChI=1S/C14H10ClN3S/c1-10(13-9-16-14(15)19-13)11-3-5-12(6-4-11)18-8-2-7-17-18/h2-9H,1H2. The zero-order chi connectivity index (χ0) is 13.2. The first-order valence-electron chi connectivity index (χ1n) is 5.65. The van der Waals surface area contributed by atoms with Gasteiger partial charge in [-0.1, -0.05) is 30.3 Å². The zero-order valence-corrected chi connectivity index (χ0v) is 11.5. The van der Waals surface area contributed by atoms with Crippen molar-refractivity contribution in [2.45, 2.75) is 0 Å². The van der Waals surface area contributed by atoms with Crippen molar-refractivity contribution in [3.63, 3.8) is 0 Å². The average Bonchev–Trinajstić information content (AvgIpc) is 3.09. The number of benzene rings is 1. The normalized spacial score (nSPS) is 10.6. The number of nitrogens with zero attached hydrogens (tertiary/aromatic N) is 3. The van der Waals surface area contributed by atoms with Crippen LogP contribution in [0.15, 0.2) is 55.5 Å². The van der Waals surface area contributed by atoms with Crippen LogP contribution in [0.25, 0.3) is 11.3 Å². The lowest BCUT2D eigenvalue weighted by Crippen LogP contribution is -1.94. The van der Waals surface area contributed by atoms with Crippen molar-refractivity contribution < 1.29 is 0 Å². The second-order valence-electron chi connectivity index (χ2n) is 3.95. The molecule has 0 unspecified atom stereocenters. The molecule has 0 saturated heterocycles. The first-order valence-corrected chi connectivity index (χ1v) is 6.84. The number of rotatable bonds is 3. The Morgan fingerprint density at radius 3 is 2.63 bits per heavy atom. The van der Waals surface area contributed by atoms with Gasteiger partial charge < -0.3 is 0 Å². The predicted molar refractivity (Wildman–Crippen MR) is 78.8 cm³/mol. The molecule has 0 aliphatic heterocycles. The molecule has 3 rings (SSSR count). The van der Waals surface area contributed by atoms with Crippen LogP contribution in [0.3, 0.4) is 0 Å². The lowest BCUT2D eigenvalue weighted by atomic mass is 10.1. The Hall–Kier alpha value is -1.91. The highest BCUT2D eigenvalue weighted by Gasteiger charge is 2.06. The molecule has 19 heavy (non-hydrogen) atoms. The Labute approximate surface area is 119 Å². The summed E-state index contributed by atoms with van der Waals surface area (Å²) >= 11 is 7.27. The molecule has 0 fully saturated rings. The second kappa shape index (κ2) is 4.99. The van der Waals surface area contributed by atoms with E-state index >= 15 is 0 Å². The van der Waals surface area contributed by atoms with Crippen molar-refractivity contribution >= 4 is 28.5 Å². The maximum Gasteiger partial charge on any atom is 0.184 e. The predicted octanol–water partition coefficient (Wildman–Crippen LogP) is 4.04. The van der Waals surface area contributed by atoms with Gasteiger partial charge in [-0.2, -0.15) is 5.10 Å². The molecule has 0 aliphatic rings. The van der Waals surface area contributed by atoms with E-state index in [2.05, 4.69) is 16.7 Å². The van der Waals surface area contributed by atoms with E-state index in [1.165, 1.54) is 11.3 Å². The zero-order valence-electron chi connectivity index (χ0n) is 9.95. The van der Waals surface area contributed by atoms with Crippen LogP contribution in [-0.2, 0) is 0 Å². The van der Waals surface area contributed by atoms with Gasteiger partial charge in [-0.05, 0) is 29.3 Å². The van der Waals surface area contributed by atoms with E-state index in [-0.39, 0.29) is 0 Å². The van der Waals surface area contributed by atoms with Crippen LogP contribution >= 0.6 is 22.9 Å². The van der Waals surface area contributed by atoms with Crippen molar-refractivity contribution in [1.29, 1.82) is 0 Å². The molecule has 0 aliphatic carbocycles. The van der Waals surface area contributed by atoms with E-state index < -0.39 is 0 Å². The summed E-state index contributed by atoms with van der Waals surface area (Å²) in [6.45, 7) is 4.09. The van der Waals surface area contributed by atoms with Gasteiger partial charge >= 0.3 is 0 Å². The molecular weight excluding hydrogens is 278 g/mol. The van der Waals surface area contributed by atoms with E-state index in [0.717, 1.165) is 21.7 Å². The first kappa shape index (κ1) is 12.1. The van der Waals surface area contributed by atoms with Gasteiger partial charge in [0.25, 0.3) is 0 Å². The van der Waals surface area contributed by atoms with Gasteiger partial charge in [0, 0.05) is 18.6 Å². The molecule has 0 N–H and O–H groups in total. The van der Waals surface area contributed by atoms with Crippen molar-refractivity contribution in [2.24, 2.45) is 0 Å². The van der Waals surface area contributed by atoms with Crippen LogP contribution in [0.2, 0.25) is 4.47 Å². The van der Waals surface area contributed by atoms with Gasteiger partial charge in [0.05, 0.1) is 10.6 Å². The van der Waals surface area contributed by atoms with Crippen LogP contribution in [0.5, 0.6) is 0 Å². The second-order valence-corrected chi connectivity index (χ2v) is 5.57. The smallest absolute Gasteiger partial charge is 0.184 e. The molecule has 0 atom stereocenters. The van der Waals surface area contributed by atoms with E-state index in [1.54, 1.807) is 12.4 Å². The number of hydrogen-bond donors (Lipinski definition) is 0. The summed E-state index contributed by atoms with van der Waals surface area (Å²) < 4.78 is 2.35. The number of halogens is 1. The molecule has 3 nitrogen and oxygen atoms in total. The molecule has 0 radical (unpaired) electrons. The Kier molecular flexibility index (Phi) is 3.19. The molecule has 0 amide bonds.